The fourth-order valence-corrected chi connectivity index (χ4v) is 2.89. The molecular formula is C12H16N2O3S. The minimum Gasteiger partial charge on any atom is -0.315 e. The fourth-order valence-electron chi connectivity index (χ4n) is 2.25. The molecule has 1 atom stereocenters. The Balaban J connectivity index is 1.94. The molecule has 0 spiro atoms. The molecule has 5 nitrogen and oxygen atoms in total. The van der Waals surface area contributed by atoms with E-state index in [1.807, 2.05) is 6.26 Å². The molecule has 0 N–H and O–H groups in total. The number of amides is 3. The van der Waals surface area contributed by atoms with E-state index in [-0.39, 0.29) is 35.9 Å². The van der Waals surface area contributed by atoms with Gasteiger partial charge in [-0.1, -0.05) is 6.58 Å². The Morgan fingerprint density at radius 1 is 1.17 bits per heavy atom. The molecule has 2 heterocycles. The average Bonchev–Trinajstić information content (AvgIpc) is 2.80. The quantitative estimate of drug-likeness (QED) is 0.701. The number of rotatable bonds is 4. The number of imide groups is 1. The van der Waals surface area contributed by atoms with Crippen LogP contribution in [0.2, 0.25) is 0 Å². The number of hydrogen-bond acceptors (Lipinski definition) is 4. The van der Waals surface area contributed by atoms with E-state index < -0.39 is 0 Å². The minimum atomic E-state index is -0.255. The van der Waals surface area contributed by atoms with Gasteiger partial charge in [0.1, 0.15) is 0 Å². The molecule has 2 aliphatic rings. The van der Waals surface area contributed by atoms with E-state index in [9.17, 15) is 14.4 Å². The third kappa shape index (κ3) is 2.29. The summed E-state index contributed by atoms with van der Waals surface area (Å²) in [6.45, 7) is 4.46. The Hall–Kier alpha value is -1.30. The standard InChI is InChI=1S/C12H16N2O3S/c1-8-3-4-10(15)13(8)5-6-14-11(16)7-9(18-2)12(14)17/h9H,1,3-7H2,2H3. The maximum atomic E-state index is 11.9. The van der Waals surface area contributed by atoms with E-state index in [1.165, 1.54) is 16.7 Å². The lowest BCUT2D eigenvalue weighted by atomic mass is 10.3. The second-order valence-corrected chi connectivity index (χ2v) is 5.46. The van der Waals surface area contributed by atoms with E-state index in [0.29, 0.717) is 19.4 Å². The Morgan fingerprint density at radius 3 is 2.33 bits per heavy atom. The van der Waals surface area contributed by atoms with Crippen LogP contribution in [-0.2, 0) is 14.4 Å². The largest absolute Gasteiger partial charge is 0.315 e. The normalized spacial score (nSPS) is 24.6. The highest BCUT2D eigenvalue weighted by Crippen LogP contribution is 2.24. The van der Waals surface area contributed by atoms with Crippen molar-refractivity contribution in [1.29, 1.82) is 0 Å². The van der Waals surface area contributed by atoms with Crippen molar-refractivity contribution in [3.05, 3.63) is 12.3 Å². The molecule has 1 unspecified atom stereocenters. The lowest BCUT2D eigenvalue weighted by molar-refractivity contribution is -0.139. The summed E-state index contributed by atoms with van der Waals surface area (Å²) in [7, 11) is 0. The highest BCUT2D eigenvalue weighted by Gasteiger charge is 2.38. The second kappa shape index (κ2) is 5.14. The molecule has 3 amide bonds. The number of hydrogen-bond donors (Lipinski definition) is 0. The van der Waals surface area contributed by atoms with Crippen molar-refractivity contribution in [3.63, 3.8) is 0 Å². The minimum absolute atomic E-state index is 0.0283. The van der Waals surface area contributed by atoms with Crippen LogP contribution in [0.3, 0.4) is 0 Å². The summed E-state index contributed by atoms with van der Waals surface area (Å²) in [5, 5.41) is -0.255. The van der Waals surface area contributed by atoms with Crippen LogP contribution in [0.5, 0.6) is 0 Å². The van der Waals surface area contributed by atoms with Crippen LogP contribution in [0.1, 0.15) is 19.3 Å². The van der Waals surface area contributed by atoms with Crippen molar-refractivity contribution in [3.8, 4) is 0 Å². The first-order valence-corrected chi connectivity index (χ1v) is 7.18. The predicted molar refractivity (Wildman–Crippen MR) is 68.7 cm³/mol. The van der Waals surface area contributed by atoms with Gasteiger partial charge in [0.05, 0.1) is 5.25 Å². The summed E-state index contributed by atoms with van der Waals surface area (Å²) >= 11 is 1.40. The zero-order valence-corrected chi connectivity index (χ0v) is 11.2. The molecule has 6 heteroatoms. The van der Waals surface area contributed by atoms with Crippen LogP contribution < -0.4 is 0 Å². The monoisotopic (exact) mass is 268 g/mol. The summed E-state index contributed by atoms with van der Waals surface area (Å²) in [4.78, 5) is 37.9. The Kier molecular flexibility index (Phi) is 3.75. The van der Waals surface area contributed by atoms with Gasteiger partial charge in [0.15, 0.2) is 0 Å². The smallest absolute Gasteiger partial charge is 0.242 e. The predicted octanol–water partition coefficient (Wildman–Crippen LogP) is 0.613. The van der Waals surface area contributed by atoms with Gasteiger partial charge in [-0.2, -0.15) is 11.8 Å². The van der Waals surface area contributed by atoms with Crippen LogP contribution in [-0.4, -0.2) is 52.1 Å². The van der Waals surface area contributed by atoms with Gasteiger partial charge in [0.25, 0.3) is 0 Å². The molecule has 2 saturated heterocycles. The van der Waals surface area contributed by atoms with Crippen molar-refractivity contribution in [2.75, 3.05) is 19.3 Å². The zero-order valence-electron chi connectivity index (χ0n) is 10.3. The first kappa shape index (κ1) is 13.1. The third-order valence-electron chi connectivity index (χ3n) is 3.34. The Labute approximate surface area is 110 Å². The number of allylic oxidation sites excluding steroid dienone is 1. The molecule has 0 aromatic rings. The lowest BCUT2D eigenvalue weighted by Crippen LogP contribution is -2.38. The van der Waals surface area contributed by atoms with Crippen molar-refractivity contribution in [1.82, 2.24) is 9.80 Å². The maximum Gasteiger partial charge on any atom is 0.242 e. The third-order valence-corrected chi connectivity index (χ3v) is 4.28. The van der Waals surface area contributed by atoms with Crippen molar-refractivity contribution < 1.29 is 14.4 Å². The number of likely N-dealkylation sites (tertiary alicyclic amines) is 2. The van der Waals surface area contributed by atoms with Crippen molar-refractivity contribution in [2.45, 2.75) is 24.5 Å². The van der Waals surface area contributed by atoms with Gasteiger partial charge in [0, 0.05) is 31.6 Å². The summed E-state index contributed by atoms with van der Waals surface area (Å²) in [5.41, 5.74) is 0.778. The van der Waals surface area contributed by atoms with E-state index in [1.54, 1.807) is 4.90 Å². The van der Waals surface area contributed by atoms with Gasteiger partial charge >= 0.3 is 0 Å². The number of thioether (sulfide) groups is 1. The highest BCUT2D eigenvalue weighted by atomic mass is 32.2. The molecule has 18 heavy (non-hydrogen) atoms. The summed E-state index contributed by atoms with van der Waals surface area (Å²) in [6, 6.07) is 0. The molecular weight excluding hydrogens is 252 g/mol. The van der Waals surface area contributed by atoms with Gasteiger partial charge in [-0.15, -0.1) is 0 Å². The number of nitrogens with zero attached hydrogens (tertiary/aromatic N) is 2. The molecule has 0 aliphatic carbocycles. The fraction of sp³-hybridized carbons (Fsp3) is 0.583. The first-order chi connectivity index (χ1) is 8.54. The molecule has 2 fully saturated rings. The summed E-state index contributed by atoms with van der Waals surface area (Å²) < 4.78 is 0. The van der Waals surface area contributed by atoms with E-state index in [0.717, 1.165) is 5.70 Å². The molecule has 0 bridgehead atoms. The summed E-state index contributed by atoms with van der Waals surface area (Å²) in [5.74, 6) is -0.248. The van der Waals surface area contributed by atoms with Crippen molar-refractivity contribution >= 4 is 29.5 Å². The summed E-state index contributed by atoms with van der Waals surface area (Å²) in [6.07, 6.45) is 3.25. The highest BCUT2D eigenvalue weighted by molar-refractivity contribution is 8.00. The Morgan fingerprint density at radius 2 is 1.83 bits per heavy atom. The second-order valence-electron chi connectivity index (χ2n) is 4.42. The van der Waals surface area contributed by atoms with Crippen LogP contribution in [0.15, 0.2) is 12.3 Å². The molecule has 0 aromatic heterocycles. The van der Waals surface area contributed by atoms with Gasteiger partial charge in [-0.25, -0.2) is 0 Å². The first-order valence-electron chi connectivity index (χ1n) is 5.89. The molecule has 2 rings (SSSR count). The van der Waals surface area contributed by atoms with E-state index in [4.69, 9.17) is 0 Å². The Bertz CT molecular complexity index is 406. The average molecular weight is 268 g/mol. The van der Waals surface area contributed by atoms with Gasteiger partial charge < -0.3 is 4.90 Å². The van der Waals surface area contributed by atoms with Gasteiger partial charge in [-0.05, 0) is 12.7 Å². The van der Waals surface area contributed by atoms with Gasteiger partial charge in [0.2, 0.25) is 17.7 Å². The van der Waals surface area contributed by atoms with E-state index in [2.05, 4.69) is 6.58 Å². The maximum absolute atomic E-state index is 11.9. The van der Waals surface area contributed by atoms with Crippen LogP contribution in [0.25, 0.3) is 0 Å². The van der Waals surface area contributed by atoms with Gasteiger partial charge in [-0.3, -0.25) is 19.3 Å². The van der Waals surface area contributed by atoms with Crippen LogP contribution >= 0.6 is 11.8 Å². The zero-order chi connectivity index (χ0) is 13.3. The molecule has 0 radical (unpaired) electrons. The molecule has 0 aromatic carbocycles. The molecule has 0 saturated carbocycles. The number of carbonyl (C=O) groups is 3. The van der Waals surface area contributed by atoms with Crippen LogP contribution in [0, 0.1) is 0 Å². The molecule has 98 valence electrons. The van der Waals surface area contributed by atoms with Crippen molar-refractivity contribution in [2.24, 2.45) is 0 Å². The topological polar surface area (TPSA) is 57.7 Å². The number of carbonyl (C=O) groups excluding carboxylic acids is 3. The molecule has 2 aliphatic heterocycles. The van der Waals surface area contributed by atoms with E-state index >= 15 is 0 Å². The van der Waals surface area contributed by atoms with Crippen LogP contribution in [0.4, 0.5) is 0 Å². The lowest BCUT2D eigenvalue weighted by Gasteiger charge is -2.21. The SMILES string of the molecule is C=C1CCC(=O)N1CCN1C(=O)CC(SC)C1=O.